The molecule has 0 bridgehead atoms. The lowest BCUT2D eigenvalue weighted by Gasteiger charge is -2.25. The molecule has 1 heterocycles. The second-order valence-electron chi connectivity index (χ2n) is 4.03. The van der Waals surface area contributed by atoms with Gasteiger partial charge in [-0.05, 0) is 32.5 Å². The van der Waals surface area contributed by atoms with Gasteiger partial charge in [-0.1, -0.05) is 13.0 Å². The summed E-state index contributed by atoms with van der Waals surface area (Å²) in [5, 5.41) is 0. The van der Waals surface area contributed by atoms with Crippen LogP contribution in [0.25, 0.3) is 0 Å². The highest BCUT2D eigenvalue weighted by Crippen LogP contribution is 2.08. The van der Waals surface area contributed by atoms with Crippen molar-refractivity contribution in [2.45, 2.75) is 33.4 Å². The number of aromatic nitrogens is 1. The fraction of sp³-hybridized carbons (Fsp3) is 0.538. The summed E-state index contributed by atoms with van der Waals surface area (Å²) < 4.78 is 4.76. The van der Waals surface area contributed by atoms with Crippen molar-refractivity contribution in [3.63, 3.8) is 0 Å². The zero-order chi connectivity index (χ0) is 12.8. The number of hydrogen-bond donors (Lipinski definition) is 0. The lowest BCUT2D eigenvalue weighted by molar-refractivity contribution is -0.146. The smallest absolute Gasteiger partial charge is 0.322 e. The summed E-state index contributed by atoms with van der Waals surface area (Å²) in [5.41, 5.74) is 1.96. The van der Waals surface area contributed by atoms with Crippen molar-refractivity contribution in [2.75, 3.05) is 13.7 Å². The molecule has 0 aliphatic carbocycles. The fourth-order valence-corrected chi connectivity index (χ4v) is 1.74. The van der Waals surface area contributed by atoms with Crippen LogP contribution in [-0.4, -0.2) is 35.5 Å². The van der Waals surface area contributed by atoms with Crippen molar-refractivity contribution in [3.05, 3.63) is 29.6 Å². The van der Waals surface area contributed by atoms with Gasteiger partial charge in [0.2, 0.25) is 0 Å². The summed E-state index contributed by atoms with van der Waals surface area (Å²) >= 11 is 0. The van der Waals surface area contributed by atoms with E-state index in [0.717, 1.165) is 17.9 Å². The van der Waals surface area contributed by atoms with Crippen LogP contribution in [0.2, 0.25) is 0 Å². The van der Waals surface area contributed by atoms with E-state index in [1.165, 1.54) is 7.11 Å². The van der Waals surface area contributed by atoms with Crippen LogP contribution < -0.4 is 0 Å². The first-order valence-corrected chi connectivity index (χ1v) is 5.83. The molecule has 94 valence electrons. The Labute approximate surface area is 103 Å². The molecule has 0 N–H and O–H groups in total. The second kappa shape index (κ2) is 6.35. The Hall–Kier alpha value is -1.42. The lowest BCUT2D eigenvalue weighted by Crippen LogP contribution is -2.39. The zero-order valence-electron chi connectivity index (χ0n) is 10.9. The summed E-state index contributed by atoms with van der Waals surface area (Å²) in [6.07, 6.45) is 0. The molecule has 17 heavy (non-hydrogen) atoms. The van der Waals surface area contributed by atoms with Gasteiger partial charge in [-0.2, -0.15) is 0 Å². The van der Waals surface area contributed by atoms with Crippen molar-refractivity contribution in [2.24, 2.45) is 0 Å². The van der Waals surface area contributed by atoms with Crippen molar-refractivity contribution >= 4 is 5.97 Å². The first-order valence-electron chi connectivity index (χ1n) is 5.83. The third-order valence-corrected chi connectivity index (χ3v) is 2.81. The molecule has 1 atom stereocenters. The molecule has 0 spiro atoms. The monoisotopic (exact) mass is 236 g/mol. The number of pyridine rings is 1. The van der Waals surface area contributed by atoms with Crippen LogP contribution in [0.1, 0.15) is 25.2 Å². The molecule has 0 aliphatic heterocycles. The third-order valence-electron chi connectivity index (χ3n) is 2.81. The van der Waals surface area contributed by atoms with Gasteiger partial charge < -0.3 is 4.74 Å². The zero-order valence-corrected chi connectivity index (χ0v) is 10.9. The minimum absolute atomic E-state index is 0.209. The molecule has 4 heteroatoms. The van der Waals surface area contributed by atoms with E-state index in [9.17, 15) is 4.79 Å². The molecule has 0 aliphatic rings. The average molecular weight is 236 g/mol. The highest BCUT2D eigenvalue weighted by molar-refractivity contribution is 5.75. The molecule has 1 aromatic heterocycles. The SMILES string of the molecule is CCN(Cc1cccc(C)n1)C(C)C(=O)OC. The highest BCUT2D eigenvalue weighted by Gasteiger charge is 2.20. The maximum Gasteiger partial charge on any atom is 0.322 e. The van der Waals surface area contributed by atoms with Crippen molar-refractivity contribution in [1.29, 1.82) is 0 Å². The molecule has 1 rings (SSSR count). The Bertz CT molecular complexity index is 379. The Kier molecular flexibility index (Phi) is 5.10. The molecular weight excluding hydrogens is 216 g/mol. The van der Waals surface area contributed by atoms with Gasteiger partial charge in [-0.3, -0.25) is 14.7 Å². The molecule has 0 fully saturated rings. The number of carbonyl (C=O) groups is 1. The van der Waals surface area contributed by atoms with Crippen molar-refractivity contribution < 1.29 is 9.53 Å². The largest absolute Gasteiger partial charge is 0.468 e. The molecular formula is C13H20N2O2. The van der Waals surface area contributed by atoms with E-state index >= 15 is 0 Å². The van der Waals surface area contributed by atoms with Gasteiger partial charge in [-0.25, -0.2) is 0 Å². The fourth-order valence-electron chi connectivity index (χ4n) is 1.74. The van der Waals surface area contributed by atoms with Crippen LogP contribution in [0.5, 0.6) is 0 Å². The topological polar surface area (TPSA) is 42.4 Å². The van der Waals surface area contributed by atoms with Crippen LogP contribution in [0.4, 0.5) is 0 Å². The maximum atomic E-state index is 11.5. The summed E-state index contributed by atoms with van der Waals surface area (Å²) in [5.74, 6) is -0.209. The molecule has 1 aromatic rings. The molecule has 0 aromatic carbocycles. The number of ether oxygens (including phenoxy) is 1. The Morgan fingerprint density at radius 2 is 2.24 bits per heavy atom. The van der Waals surface area contributed by atoms with E-state index in [0.29, 0.717) is 6.54 Å². The van der Waals surface area contributed by atoms with Gasteiger partial charge in [0.1, 0.15) is 6.04 Å². The van der Waals surface area contributed by atoms with Gasteiger partial charge in [0.15, 0.2) is 0 Å². The number of hydrogen-bond acceptors (Lipinski definition) is 4. The summed E-state index contributed by atoms with van der Waals surface area (Å²) in [4.78, 5) is 18.0. The number of likely N-dealkylation sites (N-methyl/N-ethyl adjacent to an activating group) is 1. The predicted octanol–water partition coefficient (Wildman–Crippen LogP) is 1.77. The third kappa shape index (κ3) is 3.82. The highest BCUT2D eigenvalue weighted by atomic mass is 16.5. The van der Waals surface area contributed by atoms with Crippen molar-refractivity contribution in [3.8, 4) is 0 Å². The van der Waals surface area contributed by atoms with Crippen LogP contribution in [0.3, 0.4) is 0 Å². The van der Waals surface area contributed by atoms with Crippen LogP contribution in [0.15, 0.2) is 18.2 Å². The number of aryl methyl sites for hydroxylation is 1. The molecule has 0 saturated carbocycles. The van der Waals surface area contributed by atoms with Gasteiger partial charge in [0, 0.05) is 12.2 Å². The van der Waals surface area contributed by atoms with E-state index in [2.05, 4.69) is 4.98 Å². The minimum atomic E-state index is -0.243. The maximum absolute atomic E-state index is 11.5. The van der Waals surface area contributed by atoms with E-state index in [1.54, 1.807) is 0 Å². The first-order chi connectivity index (χ1) is 8.08. The second-order valence-corrected chi connectivity index (χ2v) is 4.03. The Morgan fingerprint density at radius 3 is 2.76 bits per heavy atom. The standard InChI is InChI=1S/C13H20N2O2/c1-5-15(11(3)13(16)17-4)9-12-8-6-7-10(2)14-12/h6-8,11H,5,9H2,1-4H3. The minimum Gasteiger partial charge on any atom is -0.468 e. The van der Waals surface area contributed by atoms with E-state index in [-0.39, 0.29) is 12.0 Å². The Balaban J connectivity index is 2.73. The molecule has 4 nitrogen and oxygen atoms in total. The van der Waals surface area contributed by atoms with Crippen LogP contribution >= 0.6 is 0 Å². The number of carbonyl (C=O) groups excluding carboxylic acids is 1. The average Bonchev–Trinajstić information content (AvgIpc) is 2.34. The summed E-state index contributed by atoms with van der Waals surface area (Å²) in [7, 11) is 1.41. The van der Waals surface area contributed by atoms with Gasteiger partial charge >= 0.3 is 5.97 Å². The van der Waals surface area contributed by atoms with Gasteiger partial charge in [-0.15, -0.1) is 0 Å². The molecule has 0 saturated heterocycles. The first kappa shape index (κ1) is 13.6. The van der Waals surface area contributed by atoms with Gasteiger partial charge in [0.25, 0.3) is 0 Å². The molecule has 1 unspecified atom stereocenters. The predicted molar refractivity (Wildman–Crippen MR) is 66.5 cm³/mol. The Morgan fingerprint density at radius 1 is 1.53 bits per heavy atom. The van der Waals surface area contributed by atoms with Gasteiger partial charge in [0.05, 0.1) is 12.8 Å². The van der Waals surface area contributed by atoms with E-state index in [1.807, 2.05) is 43.9 Å². The van der Waals surface area contributed by atoms with E-state index < -0.39 is 0 Å². The number of esters is 1. The van der Waals surface area contributed by atoms with Crippen LogP contribution in [0, 0.1) is 6.92 Å². The van der Waals surface area contributed by atoms with Crippen molar-refractivity contribution in [1.82, 2.24) is 9.88 Å². The normalized spacial score (nSPS) is 12.5. The number of nitrogens with zero attached hydrogens (tertiary/aromatic N) is 2. The quantitative estimate of drug-likeness (QED) is 0.731. The van der Waals surface area contributed by atoms with E-state index in [4.69, 9.17) is 4.74 Å². The lowest BCUT2D eigenvalue weighted by atomic mass is 10.2. The summed E-state index contributed by atoms with van der Waals surface area (Å²) in [6, 6.07) is 5.67. The number of rotatable bonds is 5. The summed E-state index contributed by atoms with van der Waals surface area (Å²) in [6.45, 7) is 7.28. The number of methoxy groups -OCH3 is 1. The molecule has 0 radical (unpaired) electrons. The van der Waals surface area contributed by atoms with Crippen LogP contribution in [-0.2, 0) is 16.1 Å². The molecule has 0 amide bonds.